The normalized spacial score (nSPS) is 11.3. The first-order chi connectivity index (χ1) is 48.6. The SMILES string of the molecule is c1ccc(-c2ccc(-c3cccc4c3sc3c(-c5ccc(-c6nc(-c7ccccc7)nc(-c7ccccc7)n6)cc5)cccc34)cc2)cc1.c1ccc(-c2ccc(-c3cccc4c3sc3c(-c5nc(-c6ccccc6)nc(-c6cccc(-c7ccccc7)c6)n5)cccc34)cc2)cc1. The zero-order valence-corrected chi connectivity index (χ0v) is 54.6. The molecule has 0 bridgehead atoms. The number of fused-ring (bicyclic) bond motifs is 6. The number of thiophene rings is 2. The van der Waals surface area contributed by atoms with E-state index in [1.807, 2.05) is 108 Å². The molecule has 0 N–H and O–H groups in total. The Morgan fingerprint density at radius 1 is 0.143 bits per heavy atom. The van der Waals surface area contributed by atoms with Gasteiger partial charge in [-0.1, -0.05) is 340 Å². The summed E-state index contributed by atoms with van der Waals surface area (Å²) < 4.78 is 5.02. The Balaban J connectivity index is 0.000000147. The molecule has 460 valence electrons. The molecule has 0 aliphatic rings. The maximum absolute atomic E-state index is 5.16. The van der Waals surface area contributed by atoms with Crippen LogP contribution in [-0.2, 0) is 0 Å². The third-order valence-electron chi connectivity index (χ3n) is 17.9. The Morgan fingerprint density at radius 2 is 0.357 bits per heavy atom. The molecule has 0 saturated heterocycles. The van der Waals surface area contributed by atoms with E-state index < -0.39 is 0 Å². The first-order valence-corrected chi connectivity index (χ1v) is 34.4. The van der Waals surface area contributed by atoms with E-state index in [-0.39, 0.29) is 0 Å². The van der Waals surface area contributed by atoms with Crippen LogP contribution in [-0.4, -0.2) is 29.9 Å². The highest BCUT2D eigenvalue weighted by Gasteiger charge is 2.21. The zero-order valence-electron chi connectivity index (χ0n) is 53.0. The lowest BCUT2D eigenvalue weighted by Crippen LogP contribution is -2.00. The first-order valence-electron chi connectivity index (χ1n) is 32.7. The van der Waals surface area contributed by atoms with Crippen molar-refractivity contribution in [3.8, 4) is 135 Å². The van der Waals surface area contributed by atoms with Crippen LogP contribution in [0.3, 0.4) is 0 Å². The third-order valence-corrected chi connectivity index (χ3v) is 20.5. The predicted octanol–water partition coefficient (Wildman–Crippen LogP) is 24.5. The predicted molar refractivity (Wildman–Crippen MR) is 411 cm³/mol. The van der Waals surface area contributed by atoms with Gasteiger partial charge in [-0.15, -0.1) is 22.7 Å². The van der Waals surface area contributed by atoms with Gasteiger partial charge in [-0.3, -0.25) is 0 Å². The second kappa shape index (κ2) is 26.4. The Kier molecular flexibility index (Phi) is 16.0. The summed E-state index contributed by atoms with van der Waals surface area (Å²) in [5, 5.41) is 5.01. The molecule has 0 spiro atoms. The second-order valence-electron chi connectivity index (χ2n) is 24.1. The van der Waals surface area contributed by atoms with E-state index in [0.717, 1.165) is 50.1 Å². The van der Waals surface area contributed by atoms with Crippen molar-refractivity contribution in [2.45, 2.75) is 0 Å². The lowest BCUT2D eigenvalue weighted by atomic mass is 9.98. The van der Waals surface area contributed by atoms with Crippen molar-refractivity contribution >= 4 is 63.0 Å². The quantitative estimate of drug-likeness (QED) is 0.121. The van der Waals surface area contributed by atoms with Gasteiger partial charge in [-0.25, -0.2) is 29.9 Å². The fourth-order valence-electron chi connectivity index (χ4n) is 13.0. The van der Waals surface area contributed by atoms with E-state index >= 15 is 0 Å². The molecular formula is C90H58N6S2. The third kappa shape index (κ3) is 11.8. The Bertz CT molecular complexity index is 5810. The van der Waals surface area contributed by atoms with Crippen LogP contribution >= 0.6 is 22.7 Å². The molecule has 18 rings (SSSR count). The first kappa shape index (κ1) is 59.3. The van der Waals surface area contributed by atoms with Crippen molar-refractivity contribution < 1.29 is 0 Å². The highest BCUT2D eigenvalue weighted by molar-refractivity contribution is 7.27. The summed E-state index contributed by atoms with van der Waals surface area (Å²) in [5.74, 6) is 3.95. The molecular weight excluding hydrogens is 1230 g/mol. The van der Waals surface area contributed by atoms with Gasteiger partial charge in [-0.2, -0.15) is 0 Å². The van der Waals surface area contributed by atoms with Crippen molar-refractivity contribution in [3.05, 3.63) is 352 Å². The number of aromatic nitrogens is 6. The van der Waals surface area contributed by atoms with Crippen LogP contribution in [0.25, 0.3) is 175 Å². The van der Waals surface area contributed by atoms with Crippen LogP contribution in [0, 0.1) is 0 Å². The highest BCUT2D eigenvalue weighted by atomic mass is 32.1. The van der Waals surface area contributed by atoms with E-state index in [0.29, 0.717) is 34.9 Å². The number of hydrogen-bond acceptors (Lipinski definition) is 8. The van der Waals surface area contributed by atoms with Crippen molar-refractivity contribution in [1.82, 2.24) is 29.9 Å². The monoisotopic (exact) mass is 1290 g/mol. The van der Waals surface area contributed by atoms with E-state index in [1.54, 1.807) is 0 Å². The lowest BCUT2D eigenvalue weighted by molar-refractivity contribution is 1.07. The lowest BCUT2D eigenvalue weighted by Gasteiger charge is -2.10. The van der Waals surface area contributed by atoms with Crippen LogP contribution in [0.1, 0.15) is 0 Å². The summed E-state index contributed by atoms with van der Waals surface area (Å²) >= 11 is 3.68. The average Bonchev–Trinajstić information content (AvgIpc) is 1.60. The number of hydrogen-bond donors (Lipinski definition) is 0. The van der Waals surface area contributed by atoms with E-state index in [9.17, 15) is 0 Å². The molecule has 18 aromatic rings. The van der Waals surface area contributed by atoms with Crippen LogP contribution in [0.4, 0.5) is 0 Å². The van der Waals surface area contributed by atoms with Crippen molar-refractivity contribution in [3.63, 3.8) is 0 Å². The molecule has 0 aliphatic carbocycles. The van der Waals surface area contributed by atoms with E-state index in [2.05, 4.69) is 267 Å². The topological polar surface area (TPSA) is 77.3 Å². The molecule has 8 heteroatoms. The summed E-state index contributed by atoms with van der Waals surface area (Å²) in [7, 11) is 0. The summed E-state index contributed by atoms with van der Waals surface area (Å²) in [6.45, 7) is 0. The number of rotatable bonds is 12. The molecule has 6 nitrogen and oxygen atoms in total. The molecule has 98 heavy (non-hydrogen) atoms. The van der Waals surface area contributed by atoms with Gasteiger partial charge in [0.1, 0.15) is 0 Å². The maximum atomic E-state index is 5.16. The summed E-state index contributed by atoms with van der Waals surface area (Å²) in [4.78, 5) is 30.0. The molecule has 0 fully saturated rings. The molecule has 0 amide bonds. The molecule has 0 saturated carbocycles. The van der Waals surface area contributed by atoms with Gasteiger partial charge in [0.05, 0.1) is 0 Å². The molecule has 4 aromatic heterocycles. The molecule has 0 aliphatic heterocycles. The minimum Gasteiger partial charge on any atom is -0.208 e. The molecule has 0 radical (unpaired) electrons. The largest absolute Gasteiger partial charge is 0.208 e. The molecule has 0 unspecified atom stereocenters. The van der Waals surface area contributed by atoms with Crippen LogP contribution in [0.15, 0.2) is 352 Å². The highest BCUT2D eigenvalue weighted by Crippen LogP contribution is 2.46. The molecule has 0 atom stereocenters. The van der Waals surface area contributed by atoms with Gasteiger partial charge in [-0.05, 0) is 78.9 Å². The van der Waals surface area contributed by atoms with Crippen molar-refractivity contribution in [2.24, 2.45) is 0 Å². The van der Waals surface area contributed by atoms with Gasteiger partial charge in [0.15, 0.2) is 34.9 Å². The van der Waals surface area contributed by atoms with Gasteiger partial charge in [0, 0.05) is 73.7 Å². The van der Waals surface area contributed by atoms with Gasteiger partial charge < -0.3 is 0 Å². The maximum Gasteiger partial charge on any atom is 0.165 e. The summed E-state index contributed by atoms with van der Waals surface area (Å²) in [6, 6.07) is 123. The summed E-state index contributed by atoms with van der Waals surface area (Å²) in [6.07, 6.45) is 0. The Morgan fingerprint density at radius 3 is 0.704 bits per heavy atom. The standard InChI is InChI=1S/2C45H29N3S/c1-4-13-30(14-5-1)32-25-27-33(28-26-32)37-21-11-22-38-39-23-12-24-40(42(39)49-41(37)38)45-47-43(34-17-8-3-9-18-34)46-44(48-45)36-20-10-19-35(29-36)31-15-6-2-7-16-31;1-4-12-30(13-5-1)31-22-24-32(25-23-31)37-18-10-20-39-40-21-11-19-38(42(40)49-41(37)39)33-26-28-36(29-27-33)45-47-43(34-14-6-2-7-15-34)46-44(48-45)35-16-8-3-9-17-35/h2*1-29H. The summed E-state index contributed by atoms with van der Waals surface area (Å²) in [5.41, 5.74) is 20.2. The number of nitrogens with zero attached hydrogens (tertiary/aromatic N) is 6. The number of benzene rings is 14. The average molecular weight is 1290 g/mol. The van der Waals surface area contributed by atoms with Gasteiger partial charge in [0.25, 0.3) is 0 Å². The van der Waals surface area contributed by atoms with E-state index in [1.165, 1.54) is 90.4 Å². The zero-order chi connectivity index (χ0) is 65.1. The minimum atomic E-state index is 0.652. The van der Waals surface area contributed by atoms with Crippen LogP contribution in [0.5, 0.6) is 0 Å². The smallest absolute Gasteiger partial charge is 0.165 e. The van der Waals surface area contributed by atoms with Crippen LogP contribution < -0.4 is 0 Å². The second-order valence-corrected chi connectivity index (χ2v) is 26.1. The minimum absolute atomic E-state index is 0.652. The van der Waals surface area contributed by atoms with E-state index in [4.69, 9.17) is 29.9 Å². The fraction of sp³-hybridized carbons (Fsp3) is 0. The van der Waals surface area contributed by atoms with Gasteiger partial charge >= 0.3 is 0 Å². The van der Waals surface area contributed by atoms with Crippen molar-refractivity contribution in [2.75, 3.05) is 0 Å². The molecule has 4 heterocycles. The van der Waals surface area contributed by atoms with Gasteiger partial charge in [0.2, 0.25) is 0 Å². The molecule has 14 aromatic carbocycles. The Labute approximate surface area is 576 Å². The Hall–Kier alpha value is -12.5. The van der Waals surface area contributed by atoms with Crippen molar-refractivity contribution in [1.29, 1.82) is 0 Å². The fourth-order valence-corrected chi connectivity index (χ4v) is 15.7. The van der Waals surface area contributed by atoms with Crippen LogP contribution in [0.2, 0.25) is 0 Å².